The van der Waals surface area contributed by atoms with Crippen molar-refractivity contribution in [3.8, 4) is 0 Å². The van der Waals surface area contributed by atoms with Gasteiger partial charge in [-0.05, 0) is 19.1 Å². The summed E-state index contributed by atoms with van der Waals surface area (Å²) < 4.78 is 10.9. The lowest BCUT2D eigenvalue weighted by Gasteiger charge is -2.37. The highest BCUT2D eigenvalue weighted by molar-refractivity contribution is 9.09. The number of hydrogen-bond donors (Lipinski definition) is 0. The van der Waals surface area contributed by atoms with Gasteiger partial charge in [0.05, 0.1) is 25.2 Å². The minimum atomic E-state index is 0.0548. The van der Waals surface area contributed by atoms with Crippen molar-refractivity contribution in [2.24, 2.45) is 0 Å². The number of morpholine rings is 1. The molecule has 0 N–H and O–H groups in total. The van der Waals surface area contributed by atoms with Gasteiger partial charge < -0.3 is 14.2 Å². The average Bonchev–Trinajstić information content (AvgIpc) is 2.91. The molecule has 6 heteroatoms. The molecule has 1 amide bonds. The van der Waals surface area contributed by atoms with Crippen molar-refractivity contribution in [3.63, 3.8) is 0 Å². The number of alkyl halides is 1. The van der Waals surface area contributed by atoms with E-state index in [1.54, 1.807) is 0 Å². The summed E-state index contributed by atoms with van der Waals surface area (Å²) >= 11 is 3.41. The summed E-state index contributed by atoms with van der Waals surface area (Å²) in [5.74, 6) is 0.0656. The third-order valence-electron chi connectivity index (χ3n) is 3.77. The maximum absolute atomic E-state index is 12.6. The van der Waals surface area contributed by atoms with Crippen molar-refractivity contribution in [2.45, 2.75) is 25.5 Å². The Bertz CT molecular complexity index is 643. The summed E-state index contributed by atoms with van der Waals surface area (Å²) in [6, 6.07) is 7.69. The molecule has 0 aliphatic carbocycles. The smallest absolute Gasteiger partial charge is 0.229 e. The summed E-state index contributed by atoms with van der Waals surface area (Å²) in [6.45, 7) is 3.19. The number of carbonyl (C=O) groups excluding carboxylic acids is 1. The summed E-state index contributed by atoms with van der Waals surface area (Å²) in [5.41, 5.74) is 1.42. The van der Waals surface area contributed by atoms with Gasteiger partial charge in [-0.2, -0.15) is 0 Å². The van der Waals surface area contributed by atoms with Gasteiger partial charge in [0, 0.05) is 17.3 Å². The van der Waals surface area contributed by atoms with Crippen LogP contribution in [0.2, 0.25) is 0 Å². The Hall–Kier alpha value is -1.40. The Balaban J connectivity index is 1.76. The number of nitrogens with zero attached hydrogens (tertiary/aromatic N) is 2. The van der Waals surface area contributed by atoms with Gasteiger partial charge >= 0.3 is 0 Å². The highest BCUT2D eigenvalue weighted by Gasteiger charge is 2.29. The van der Waals surface area contributed by atoms with Crippen LogP contribution in [-0.4, -0.2) is 46.6 Å². The lowest BCUT2D eigenvalue weighted by molar-refractivity contribution is -0.142. The van der Waals surface area contributed by atoms with Crippen molar-refractivity contribution in [1.82, 2.24) is 10.1 Å². The number of ether oxygens (including phenoxy) is 1. The molecule has 1 aliphatic rings. The molecule has 1 aromatic carbocycles. The van der Waals surface area contributed by atoms with Crippen LogP contribution < -0.4 is 0 Å². The maximum Gasteiger partial charge on any atom is 0.229 e. The van der Waals surface area contributed by atoms with E-state index in [-0.39, 0.29) is 24.5 Å². The van der Waals surface area contributed by atoms with Crippen LogP contribution in [0, 0.1) is 0 Å². The normalized spacial score (nSPS) is 22.7. The first-order valence-electron chi connectivity index (χ1n) is 6.99. The monoisotopic (exact) mass is 352 g/mol. The largest absolute Gasteiger partial charge is 0.373 e. The van der Waals surface area contributed by atoms with Crippen LogP contribution in [0.4, 0.5) is 0 Å². The quantitative estimate of drug-likeness (QED) is 0.795. The van der Waals surface area contributed by atoms with E-state index in [1.165, 1.54) is 0 Å². The minimum Gasteiger partial charge on any atom is -0.373 e. The molecule has 2 aromatic rings. The van der Waals surface area contributed by atoms with Crippen molar-refractivity contribution >= 4 is 32.8 Å². The highest BCUT2D eigenvalue weighted by atomic mass is 79.9. The Morgan fingerprint density at radius 2 is 2.29 bits per heavy atom. The summed E-state index contributed by atoms with van der Waals surface area (Å²) in [5, 5.41) is 5.67. The van der Waals surface area contributed by atoms with Gasteiger partial charge in [-0.1, -0.05) is 33.2 Å². The molecule has 0 spiro atoms. The molecule has 2 atom stereocenters. The SMILES string of the molecule is CC1COC(CBr)CN1C(=O)Cc1noc2ccccc12. The molecule has 2 heterocycles. The van der Waals surface area contributed by atoms with E-state index in [0.29, 0.717) is 24.4 Å². The molecule has 1 aromatic heterocycles. The van der Waals surface area contributed by atoms with E-state index in [0.717, 1.165) is 10.7 Å². The van der Waals surface area contributed by atoms with E-state index in [2.05, 4.69) is 21.1 Å². The van der Waals surface area contributed by atoms with Gasteiger partial charge in [0.25, 0.3) is 0 Å². The third kappa shape index (κ3) is 2.96. The third-order valence-corrected chi connectivity index (χ3v) is 4.49. The number of carbonyl (C=O) groups is 1. The van der Waals surface area contributed by atoms with Crippen molar-refractivity contribution in [2.75, 3.05) is 18.5 Å². The molecule has 0 saturated carbocycles. The number of halogens is 1. The fraction of sp³-hybridized carbons (Fsp3) is 0.467. The molecular formula is C15H17BrN2O3. The van der Waals surface area contributed by atoms with Crippen LogP contribution in [0.15, 0.2) is 28.8 Å². The van der Waals surface area contributed by atoms with Gasteiger partial charge in [0.2, 0.25) is 5.91 Å². The van der Waals surface area contributed by atoms with E-state index in [9.17, 15) is 4.79 Å². The van der Waals surface area contributed by atoms with Gasteiger partial charge in [-0.25, -0.2) is 0 Å². The Morgan fingerprint density at radius 1 is 1.48 bits per heavy atom. The van der Waals surface area contributed by atoms with Gasteiger partial charge in [0.15, 0.2) is 5.58 Å². The van der Waals surface area contributed by atoms with E-state index < -0.39 is 0 Å². The molecule has 112 valence electrons. The number of fused-ring (bicyclic) bond motifs is 1. The minimum absolute atomic E-state index is 0.0548. The number of rotatable bonds is 3. The zero-order valence-electron chi connectivity index (χ0n) is 11.8. The van der Waals surface area contributed by atoms with Gasteiger partial charge in [-0.15, -0.1) is 0 Å². The van der Waals surface area contributed by atoms with Crippen molar-refractivity contribution in [3.05, 3.63) is 30.0 Å². The molecule has 1 saturated heterocycles. The van der Waals surface area contributed by atoms with Crippen LogP contribution >= 0.6 is 15.9 Å². The molecule has 1 aliphatic heterocycles. The fourth-order valence-electron chi connectivity index (χ4n) is 2.57. The van der Waals surface area contributed by atoms with Gasteiger partial charge in [0.1, 0.15) is 5.69 Å². The van der Waals surface area contributed by atoms with E-state index in [4.69, 9.17) is 9.26 Å². The molecule has 21 heavy (non-hydrogen) atoms. The standard InChI is InChI=1S/C15H17BrN2O3/c1-10-9-20-11(7-16)8-18(10)15(19)6-13-12-4-2-3-5-14(12)21-17-13/h2-5,10-11H,6-9H2,1H3. The number of benzene rings is 1. The predicted octanol–water partition coefficient (Wildman–Crippen LogP) is 2.38. The Morgan fingerprint density at radius 3 is 3.10 bits per heavy atom. The first-order chi connectivity index (χ1) is 10.2. The number of hydrogen-bond acceptors (Lipinski definition) is 4. The maximum atomic E-state index is 12.6. The lowest BCUT2D eigenvalue weighted by atomic mass is 10.1. The number of amides is 1. The van der Waals surface area contributed by atoms with Crippen molar-refractivity contribution < 1.29 is 14.1 Å². The second-order valence-corrected chi connectivity index (χ2v) is 5.95. The highest BCUT2D eigenvalue weighted by Crippen LogP contribution is 2.20. The molecule has 0 bridgehead atoms. The van der Waals surface area contributed by atoms with Gasteiger partial charge in [-0.3, -0.25) is 4.79 Å². The first kappa shape index (κ1) is 14.5. The molecule has 0 radical (unpaired) electrons. The predicted molar refractivity (Wildman–Crippen MR) is 82.4 cm³/mol. The summed E-state index contributed by atoms with van der Waals surface area (Å²) in [7, 11) is 0. The number of para-hydroxylation sites is 1. The average molecular weight is 353 g/mol. The molecule has 5 nitrogen and oxygen atoms in total. The fourth-order valence-corrected chi connectivity index (χ4v) is 2.96. The first-order valence-corrected chi connectivity index (χ1v) is 8.11. The number of aromatic nitrogens is 1. The molecule has 2 unspecified atom stereocenters. The summed E-state index contributed by atoms with van der Waals surface area (Å²) in [4.78, 5) is 14.4. The Labute approximate surface area is 131 Å². The van der Waals surface area contributed by atoms with E-state index >= 15 is 0 Å². The zero-order chi connectivity index (χ0) is 14.8. The van der Waals surface area contributed by atoms with Crippen LogP contribution in [0.1, 0.15) is 12.6 Å². The van der Waals surface area contributed by atoms with Crippen LogP contribution in [-0.2, 0) is 16.0 Å². The van der Waals surface area contributed by atoms with Crippen molar-refractivity contribution in [1.29, 1.82) is 0 Å². The second kappa shape index (κ2) is 6.15. The van der Waals surface area contributed by atoms with Crippen LogP contribution in [0.5, 0.6) is 0 Å². The zero-order valence-corrected chi connectivity index (χ0v) is 13.4. The molecular weight excluding hydrogens is 336 g/mol. The van der Waals surface area contributed by atoms with Crippen LogP contribution in [0.3, 0.4) is 0 Å². The summed E-state index contributed by atoms with van der Waals surface area (Å²) in [6.07, 6.45) is 0.315. The lowest BCUT2D eigenvalue weighted by Crippen LogP contribution is -2.52. The Kier molecular flexibility index (Phi) is 4.26. The topological polar surface area (TPSA) is 55.6 Å². The van der Waals surface area contributed by atoms with E-state index in [1.807, 2.05) is 36.1 Å². The van der Waals surface area contributed by atoms with Crippen LogP contribution in [0.25, 0.3) is 11.0 Å². The molecule has 3 rings (SSSR count). The second-order valence-electron chi connectivity index (χ2n) is 5.31. The molecule has 1 fully saturated rings.